The second-order valence-corrected chi connectivity index (χ2v) is 4.27. The van der Waals surface area contributed by atoms with E-state index in [-0.39, 0.29) is 5.82 Å². The van der Waals surface area contributed by atoms with Crippen LogP contribution in [0.1, 0.15) is 16.7 Å². The molecule has 0 saturated heterocycles. The Bertz CT molecular complexity index is 452. The zero-order valence-electron chi connectivity index (χ0n) is 7.58. The minimum Gasteiger partial charge on any atom is -0.452 e. The van der Waals surface area contributed by atoms with Crippen LogP contribution < -0.4 is 0 Å². The number of hydrogen-bond acceptors (Lipinski definition) is 1. The lowest BCUT2D eigenvalue weighted by Crippen LogP contribution is -1.90. The quantitative estimate of drug-likeness (QED) is 0.741. The Morgan fingerprint density at radius 3 is 2.33 bits per heavy atom. The van der Waals surface area contributed by atoms with E-state index in [1.165, 1.54) is 12.1 Å². The zero-order chi connectivity index (χ0) is 10.8. The smallest absolute Gasteiger partial charge is 0.169 e. The maximum Gasteiger partial charge on any atom is 0.169 e. The van der Waals surface area contributed by atoms with Gasteiger partial charge in [0.1, 0.15) is 17.0 Å². The highest BCUT2D eigenvalue weighted by atomic mass is 79.9. The highest BCUT2D eigenvalue weighted by Crippen LogP contribution is 2.31. The molecule has 1 heterocycles. The monoisotopic (exact) mass is 288 g/mol. The van der Waals surface area contributed by atoms with Crippen LogP contribution in [0.25, 0.3) is 0 Å². The molecule has 15 heavy (non-hydrogen) atoms. The molecular formula is C11H7BrClFO. The molecule has 1 aromatic heterocycles. The summed E-state index contributed by atoms with van der Waals surface area (Å²) in [6, 6.07) is 9.59. The van der Waals surface area contributed by atoms with E-state index in [0.717, 1.165) is 5.56 Å². The van der Waals surface area contributed by atoms with Crippen molar-refractivity contribution in [2.45, 2.75) is 5.38 Å². The van der Waals surface area contributed by atoms with Gasteiger partial charge in [0, 0.05) is 0 Å². The van der Waals surface area contributed by atoms with Crippen LogP contribution in [-0.2, 0) is 0 Å². The van der Waals surface area contributed by atoms with Gasteiger partial charge in [-0.05, 0) is 45.8 Å². The molecule has 0 radical (unpaired) electrons. The largest absolute Gasteiger partial charge is 0.452 e. The van der Waals surface area contributed by atoms with E-state index in [9.17, 15) is 4.39 Å². The first-order chi connectivity index (χ1) is 7.16. The van der Waals surface area contributed by atoms with Crippen molar-refractivity contribution in [3.63, 3.8) is 0 Å². The summed E-state index contributed by atoms with van der Waals surface area (Å²) in [6.07, 6.45) is 0. The highest BCUT2D eigenvalue weighted by Gasteiger charge is 2.14. The van der Waals surface area contributed by atoms with Crippen LogP contribution in [0.2, 0.25) is 0 Å². The molecule has 4 heteroatoms. The summed E-state index contributed by atoms with van der Waals surface area (Å²) in [6.45, 7) is 0. The van der Waals surface area contributed by atoms with Crippen LogP contribution in [0.3, 0.4) is 0 Å². The molecule has 1 nitrogen and oxygen atoms in total. The van der Waals surface area contributed by atoms with E-state index in [0.29, 0.717) is 10.4 Å². The fourth-order valence-corrected chi connectivity index (χ4v) is 1.84. The van der Waals surface area contributed by atoms with Crippen LogP contribution in [0.5, 0.6) is 0 Å². The number of hydrogen-bond donors (Lipinski definition) is 0. The van der Waals surface area contributed by atoms with Crippen molar-refractivity contribution in [3.8, 4) is 0 Å². The Balaban J connectivity index is 2.28. The average molecular weight is 290 g/mol. The molecule has 0 aliphatic rings. The van der Waals surface area contributed by atoms with Crippen molar-refractivity contribution in [3.05, 3.63) is 58.2 Å². The molecule has 0 fully saturated rings. The van der Waals surface area contributed by atoms with Crippen molar-refractivity contribution in [2.24, 2.45) is 0 Å². The normalized spacial score (nSPS) is 12.7. The third-order valence-corrected chi connectivity index (χ3v) is 2.90. The van der Waals surface area contributed by atoms with Crippen molar-refractivity contribution in [1.82, 2.24) is 0 Å². The molecule has 0 bridgehead atoms. The summed E-state index contributed by atoms with van der Waals surface area (Å²) in [5.74, 6) is 0.360. The molecule has 0 aliphatic carbocycles. The molecule has 1 unspecified atom stereocenters. The lowest BCUT2D eigenvalue weighted by atomic mass is 10.1. The second-order valence-electron chi connectivity index (χ2n) is 3.06. The third kappa shape index (κ3) is 2.41. The van der Waals surface area contributed by atoms with Crippen LogP contribution in [0.4, 0.5) is 4.39 Å². The first-order valence-electron chi connectivity index (χ1n) is 4.31. The molecule has 0 N–H and O–H groups in total. The minimum absolute atomic E-state index is 0.275. The first-order valence-corrected chi connectivity index (χ1v) is 5.54. The van der Waals surface area contributed by atoms with Gasteiger partial charge in [0.15, 0.2) is 4.67 Å². The Labute approximate surface area is 100.0 Å². The Morgan fingerprint density at radius 1 is 1.13 bits per heavy atom. The fourth-order valence-electron chi connectivity index (χ4n) is 1.26. The van der Waals surface area contributed by atoms with Gasteiger partial charge < -0.3 is 4.42 Å². The average Bonchev–Trinajstić information content (AvgIpc) is 2.65. The molecule has 2 rings (SSSR count). The van der Waals surface area contributed by atoms with E-state index in [4.69, 9.17) is 16.0 Å². The van der Waals surface area contributed by atoms with E-state index < -0.39 is 5.38 Å². The lowest BCUT2D eigenvalue weighted by Gasteiger charge is -2.06. The molecule has 78 valence electrons. The van der Waals surface area contributed by atoms with Gasteiger partial charge in [-0.3, -0.25) is 0 Å². The maximum atomic E-state index is 12.7. The zero-order valence-corrected chi connectivity index (χ0v) is 9.93. The summed E-state index contributed by atoms with van der Waals surface area (Å²) in [4.78, 5) is 0. The predicted molar refractivity (Wildman–Crippen MR) is 60.5 cm³/mol. The second kappa shape index (κ2) is 4.37. The SMILES string of the molecule is Fc1ccc(C(Cl)c2ccc(Br)o2)cc1. The molecule has 0 spiro atoms. The number of halogens is 3. The molecule has 0 aliphatic heterocycles. The van der Waals surface area contributed by atoms with Gasteiger partial charge in [0.05, 0.1) is 0 Å². The van der Waals surface area contributed by atoms with Gasteiger partial charge >= 0.3 is 0 Å². The minimum atomic E-state index is -0.392. The van der Waals surface area contributed by atoms with Gasteiger partial charge in [0.25, 0.3) is 0 Å². The molecule has 2 aromatic rings. The molecule has 0 saturated carbocycles. The summed E-state index contributed by atoms with van der Waals surface area (Å²) < 4.78 is 18.6. The number of benzene rings is 1. The Morgan fingerprint density at radius 2 is 1.80 bits per heavy atom. The van der Waals surface area contributed by atoms with Crippen molar-refractivity contribution < 1.29 is 8.81 Å². The number of furan rings is 1. The van der Waals surface area contributed by atoms with E-state index in [1.54, 1.807) is 24.3 Å². The van der Waals surface area contributed by atoms with Gasteiger partial charge in [-0.25, -0.2) is 4.39 Å². The molecule has 1 aromatic carbocycles. The van der Waals surface area contributed by atoms with Crippen molar-refractivity contribution in [2.75, 3.05) is 0 Å². The summed E-state index contributed by atoms with van der Waals surface area (Å²) in [5.41, 5.74) is 0.805. The molecular weight excluding hydrogens is 282 g/mol. The number of alkyl halides is 1. The fraction of sp³-hybridized carbons (Fsp3) is 0.0909. The van der Waals surface area contributed by atoms with Crippen LogP contribution in [-0.4, -0.2) is 0 Å². The Kier molecular flexibility index (Phi) is 3.12. The third-order valence-electron chi connectivity index (χ3n) is 2.01. The van der Waals surface area contributed by atoms with Crippen LogP contribution in [0.15, 0.2) is 45.5 Å². The summed E-state index contributed by atoms with van der Waals surface area (Å²) in [7, 11) is 0. The lowest BCUT2D eigenvalue weighted by molar-refractivity contribution is 0.494. The number of rotatable bonds is 2. The van der Waals surface area contributed by atoms with Crippen LogP contribution in [0, 0.1) is 5.82 Å². The summed E-state index contributed by atoms with van der Waals surface area (Å²) >= 11 is 9.36. The first kappa shape index (κ1) is 10.7. The Hall–Kier alpha value is -0.800. The van der Waals surface area contributed by atoms with E-state index in [1.807, 2.05) is 0 Å². The van der Waals surface area contributed by atoms with Gasteiger partial charge in [-0.2, -0.15) is 0 Å². The molecule has 0 amide bonds. The van der Waals surface area contributed by atoms with Gasteiger partial charge in [-0.15, -0.1) is 11.6 Å². The van der Waals surface area contributed by atoms with Crippen molar-refractivity contribution in [1.29, 1.82) is 0 Å². The van der Waals surface area contributed by atoms with Crippen molar-refractivity contribution >= 4 is 27.5 Å². The summed E-state index contributed by atoms with van der Waals surface area (Å²) in [5, 5.41) is -0.392. The van der Waals surface area contributed by atoms with E-state index in [2.05, 4.69) is 15.9 Å². The van der Waals surface area contributed by atoms with Gasteiger partial charge in [-0.1, -0.05) is 12.1 Å². The van der Waals surface area contributed by atoms with Gasteiger partial charge in [0.2, 0.25) is 0 Å². The topological polar surface area (TPSA) is 13.1 Å². The molecule has 1 atom stereocenters. The highest BCUT2D eigenvalue weighted by molar-refractivity contribution is 9.10. The predicted octanol–water partition coefficient (Wildman–Crippen LogP) is 4.51. The van der Waals surface area contributed by atoms with E-state index >= 15 is 0 Å². The maximum absolute atomic E-state index is 12.7. The standard InChI is InChI=1S/C11H7BrClFO/c12-10-6-5-9(15-10)11(13)7-1-3-8(14)4-2-7/h1-6,11H. The van der Waals surface area contributed by atoms with Crippen LogP contribution >= 0.6 is 27.5 Å².